The van der Waals surface area contributed by atoms with Gasteiger partial charge in [0.2, 0.25) is 0 Å². The van der Waals surface area contributed by atoms with Crippen LogP contribution in [0.3, 0.4) is 0 Å². The molecule has 1 aromatic rings. The maximum Gasteiger partial charge on any atom is 0.200 e. The number of nitrogens with zero attached hydrogens (tertiary/aromatic N) is 3. The average Bonchev–Trinajstić information content (AvgIpc) is 2.60. The molecule has 0 aromatic carbocycles. The van der Waals surface area contributed by atoms with Crippen LogP contribution < -0.4 is 10.6 Å². The zero-order valence-corrected chi connectivity index (χ0v) is 13.3. The SMILES string of the molecule is CC1=CNC(=NC2CCCCC2)NC1=C(C#N)c1ccccn1. The number of allylic oxidation sites excluding steroid dienone is 2. The molecule has 0 saturated heterocycles. The number of nitrogens with one attached hydrogen (secondary N) is 2. The molecule has 2 heterocycles. The van der Waals surface area contributed by atoms with Crippen molar-refractivity contribution in [2.45, 2.75) is 45.1 Å². The van der Waals surface area contributed by atoms with Gasteiger partial charge in [0.15, 0.2) is 5.96 Å². The van der Waals surface area contributed by atoms with E-state index in [9.17, 15) is 5.26 Å². The molecule has 0 unspecified atom stereocenters. The molecule has 1 aliphatic heterocycles. The van der Waals surface area contributed by atoms with Crippen LogP contribution in [0.1, 0.15) is 44.7 Å². The fourth-order valence-corrected chi connectivity index (χ4v) is 2.98. The van der Waals surface area contributed by atoms with E-state index in [1.807, 2.05) is 31.3 Å². The average molecular weight is 307 g/mol. The van der Waals surface area contributed by atoms with Crippen molar-refractivity contribution in [2.75, 3.05) is 0 Å². The summed E-state index contributed by atoms with van der Waals surface area (Å²) in [7, 11) is 0. The Morgan fingerprint density at radius 3 is 2.83 bits per heavy atom. The van der Waals surface area contributed by atoms with Gasteiger partial charge in [-0.1, -0.05) is 25.3 Å². The van der Waals surface area contributed by atoms with Crippen molar-refractivity contribution in [1.29, 1.82) is 5.26 Å². The third-order valence-electron chi connectivity index (χ3n) is 4.23. The molecule has 118 valence electrons. The Morgan fingerprint density at radius 2 is 2.13 bits per heavy atom. The zero-order chi connectivity index (χ0) is 16.1. The molecule has 0 spiro atoms. The molecule has 23 heavy (non-hydrogen) atoms. The second-order valence-corrected chi connectivity index (χ2v) is 5.94. The van der Waals surface area contributed by atoms with Gasteiger partial charge >= 0.3 is 0 Å². The first-order valence-corrected chi connectivity index (χ1v) is 8.12. The van der Waals surface area contributed by atoms with Crippen LogP contribution in [-0.4, -0.2) is 17.0 Å². The molecule has 1 saturated carbocycles. The van der Waals surface area contributed by atoms with Crippen molar-refractivity contribution in [3.8, 4) is 6.07 Å². The second-order valence-electron chi connectivity index (χ2n) is 5.94. The van der Waals surface area contributed by atoms with Crippen LogP contribution in [0.2, 0.25) is 0 Å². The van der Waals surface area contributed by atoms with Gasteiger partial charge in [0, 0.05) is 12.4 Å². The number of hydrogen-bond donors (Lipinski definition) is 2. The van der Waals surface area contributed by atoms with Gasteiger partial charge in [0.05, 0.1) is 17.4 Å². The Bertz CT molecular complexity index is 688. The van der Waals surface area contributed by atoms with Gasteiger partial charge in [-0.25, -0.2) is 4.99 Å². The van der Waals surface area contributed by atoms with Gasteiger partial charge < -0.3 is 10.6 Å². The molecule has 2 aliphatic rings. The predicted octanol–water partition coefficient (Wildman–Crippen LogP) is 3.10. The number of guanidine groups is 1. The van der Waals surface area contributed by atoms with E-state index in [0.29, 0.717) is 17.3 Å². The van der Waals surface area contributed by atoms with E-state index in [0.717, 1.165) is 30.1 Å². The lowest BCUT2D eigenvalue weighted by Crippen LogP contribution is -2.39. The fraction of sp³-hybridized carbons (Fsp3) is 0.389. The molecule has 5 nitrogen and oxygen atoms in total. The minimum absolute atomic E-state index is 0.368. The molecule has 0 amide bonds. The lowest BCUT2D eigenvalue weighted by molar-refractivity contribution is 0.441. The standard InChI is InChI=1S/C18H21N5/c1-13-12-21-18(22-14-7-3-2-4-8-14)23-17(13)15(11-19)16-9-5-6-10-20-16/h5-6,9-10,12,14H,2-4,7-8H2,1H3,(H2,21,22,23). The van der Waals surface area contributed by atoms with Gasteiger partial charge in [-0.05, 0) is 37.5 Å². The molecule has 0 bridgehead atoms. The number of pyridine rings is 1. The Morgan fingerprint density at radius 1 is 1.30 bits per heavy atom. The number of nitriles is 1. The summed E-state index contributed by atoms with van der Waals surface area (Å²) in [5.74, 6) is 0.723. The highest BCUT2D eigenvalue weighted by molar-refractivity contribution is 5.90. The van der Waals surface area contributed by atoms with E-state index in [2.05, 4.69) is 21.7 Å². The summed E-state index contributed by atoms with van der Waals surface area (Å²) in [4.78, 5) is 9.07. The van der Waals surface area contributed by atoms with Crippen molar-refractivity contribution in [1.82, 2.24) is 15.6 Å². The molecular formula is C18H21N5. The van der Waals surface area contributed by atoms with E-state index in [-0.39, 0.29) is 0 Å². The Balaban J connectivity index is 1.90. The van der Waals surface area contributed by atoms with Crippen LogP contribution in [-0.2, 0) is 0 Å². The smallest absolute Gasteiger partial charge is 0.200 e. The zero-order valence-electron chi connectivity index (χ0n) is 13.3. The van der Waals surface area contributed by atoms with Crippen LogP contribution in [0.25, 0.3) is 5.57 Å². The van der Waals surface area contributed by atoms with Crippen LogP contribution in [0.4, 0.5) is 0 Å². The first-order chi connectivity index (χ1) is 11.3. The van der Waals surface area contributed by atoms with Crippen molar-refractivity contribution in [3.63, 3.8) is 0 Å². The highest BCUT2D eigenvalue weighted by atomic mass is 15.2. The van der Waals surface area contributed by atoms with Crippen molar-refractivity contribution < 1.29 is 0 Å². The van der Waals surface area contributed by atoms with Crippen molar-refractivity contribution in [3.05, 3.63) is 47.6 Å². The highest BCUT2D eigenvalue weighted by Gasteiger charge is 2.19. The molecule has 1 aromatic heterocycles. The topological polar surface area (TPSA) is 73.1 Å². The molecule has 0 atom stereocenters. The van der Waals surface area contributed by atoms with Gasteiger partial charge in [0.25, 0.3) is 0 Å². The maximum atomic E-state index is 9.58. The summed E-state index contributed by atoms with van der Waals surface area (Å²) in [6.07, 6.45) is 9.68. The minimum Gasteiger partial charge on any atom is -0.332 e. The van der Waals surface area contributed by atoms with Gasteiger partial charge in [0.1, 0.15) is 11.6 Å². The van der Waals surface area contributed by atoms with E-state index < -0.39 is 0 Å². The lowest BCUT2D eigenvalue weighted by Gasteiger charge is -2.24. The first-order valence-electron chi connectivity index (χ1n) is 8.12. The Kier molecular flexibility index (Phi) is 4.72. The van der Waals surface area contributed by atoms with Gasteiger partial charge in [-0.3, -0.25) is 4.98 Å². The first kappa shape index (κ1) is 15.3. The summed E-state index contributed by atoms with van der Waals surface area (Å²) in [6.45, 7) is 1.97. The van der Waals surface area contributed by atoms with E-state index >= 15 is 0 Å². The maximum absolute atomic E-state index is 9.58. The van der Waals surface area contributed by atoms with Gasteiger partial charge in [-0.15, -0.1) is 0 Å². The van der Waals surface area contributed by atoms with Crippen LogP contribution in [0.15, 0.2) is 46.9 Å². The second kappa shape index (κ2) is 7.10. The predicted molar refractivity (Wildman–Crippen MR) is 91.1 cm³/mol. The van der Waals surface area contributed by atoms with Crippen LogP contribution in [0, 0.1) is 11.3 Å². The number of rotatable bonds is 2. The van der Waals surface area contributed by atoms with E-state index in [4.69, 9.17) is 4.99 Å². The van der Waals surface area contributed by atoms with Crippen LogP contribution >= 0.6 is 0 Å². The molecule has 3 rings (SSSR count). The summed E-state index contributed by atoms with van der Waals surface area (Å²) >= 11 is 0. The summed E-state index contributed by atoms with van der Waals surface area (Å²) < 4.78 is 0. The molecular weight excluding hydrogens is 286 g/mol. The molecule has 1 fully saturated rings. The summed E-state index contributed by atoms with van der Waals surface area (Å²) in [5, 5.41) is 16.1. The Labute approximate surface area is 136 Å². The third kappa shape index (κ3) is 3.59. The quantitative estimate of drug-likeness (QED) is 0.823. The molecule has 1 aliphatic carbocycles. The number of hydrogen-bond acceptors (Lipinski definition) is 3. The molecule has 2 N–H and O–H groups in total. The fourth-order valence-electron chi connectivity index (χ4n) is 2.98. The molecule has 5 heteroatoms. The highest BCUT2D eigenvalue weighted by Crippen LogP contribution is 2.23. The van der Waals surface area contributed by atoms with Crippen molar-refractivity contribution in [2.24, 2.45) is 4.99 Å². The van der Waals surface area contributed by atoms with E-state index in [1.54, 1.807) is 6.20 Å². The monoisotopic (exact) mass is 307 g/mol. The number of aromatic nitrogens is 1. The van der Waals surface area contributed by atoms with Gasteiger partial charge in [-0.2, -0.15) is 5.26 Å². The summed E-state index contributed by atoms with van der Waals surface area (Å²) in [5.41, 5.74) is 2.95. The van der Waals surface area contributed by atoms with Crippen LogP contribution in [0.5, 0.6) is 0 Å². The summed E-state index contributed by atoms with van der Waals surface area (Å²) in [6, 6.07) is 8.22. The minimum atomic E-state index is 0.368. The van der Waals surface area contributed by atoms with Crippen molar-refractivity contribution >= 4 is 11.5 Å². The normalized spacial score (nSPS) is 22.6. The largest absolute Gasteiger partial charge is 0.332 e. The van der Waals surface area contributed by atoms with E-state index in [1.165, 1.54) is 19.3 Å². The third-order valence-corrected chi connectivity index (χ3v) is 4.23. The Hall–Kier alpha value is -2.61. The molecule has 0 radical (unpaired) electrons. The lowest BCUT2D eigenvalue weighted by atomic mass is 9.96. The number of aliphatic imine (C=N–C) groups is 1.